The van der Waals surface area contributed by atoms with Crippen LogP contribution in [0.4, 0.5) is 5.13 Å². The Balaban J connectivity index is 1.68. The molecule has 2 aromatic heterocycles. The summed E-state index contributed by atoms with van der Waals surface area (Å²) < 4.78 is 1.79. The predicted molar refractivity (Wildman–Crippen MR) is 103 cm³/mol. The van der Waals surface area contributed by atoms with Gasteiger partial charge in [0, 0.05) is 23.0 Å². The van der Waals surface area contributed by atoms with Crippen LogP contribution >= 0.6 is 46.3 Å². The molecule has 0 radical (unpaired) electrons. The normalized spacial score (nSPS) is 10.9. The third kappa shape index (κ3) is 4.33. The summed E-state index contributed by atoms with van der Waals surface area (Å²) in [5.74, 6) is 0.674. The van der Waals surface area contributed by atoms with Crippen molar-refractivity contribution in [3.63, 3.8) is 0 Å². The maximum Gasteiger partial charge on any atom is 0.236 e. The number of aryl methyl sites for hydroxylation is 1. The van der Waals surface area contributed by atoms with Crippen molar-refractivity contribution in [2.45, 2.75) is 12.1 Å². The van der Waals surface area contributed by atoms with Crippen molar-refractivity contribution in [1.29, 1.82) is 0 Å². The SMILES string of the molecule is Cc1csc(NC(=O)CSc2nnc(-c3ccc(Cl)cc3Cl)n2C)n1. The van der Waals surface area contributed by atoms with Crippen LogP contribution in [0.25, 0.3) is 11.4 Å². The van der Waals surface area contributed by atoms with E-state index in [1.165, 1.54) is 23.1 Å². The molecule has 1 N–H and O–H groups in total. The van der Waals surface area contributed by atoms with E-state index in [1.807, 2.05) is 19.4 Å². The fourth-order valence-electron chi connectivity index (χ4n) is 2.04. The Kier molecular flexibility index (Phi) is 5.63. The van der Waals surface area contributed by atoms with Gasteiger partial charge in [-0.1, -0.05) is 35.0 Å². The monoisotopic (exact) mass is 413 g/mol. The van der Waals surface area contributed by atoms with E-state index in [1.54, 1.807) is 22.8 Å². The number of thioether (sulfide) groups is 1. The lowest BCUT2D eigenvalue weighted by Crippen LogP contribution is -2.14. The van der Waals surface area contributed by atoms with Crippen LogP contribution in [0.15, 0.2) is 28.7 Å². The lowest BCUT2D eigenvalue weighted by Gasteiger charge is -2.06. The second kappa shape index (κ2) is 7.74. The molecule has 1 amide bonds. The van der Waals surface area contributed by atoms with Crippen LogP contribution in [0.3, 0.4) is 0 Å². The van der Waals surface area contributed by atoms with Gasteiger partial charge in [-0.05, 0) is 25.1 Å². The molecule has 3 rings (SSSR count). The number of aromatic nitrogens is 4. The first-order chi connectivity index (χ1) is 11.9. The van der Waals surface area contributed by atoms with Crippen molar-refractivity contribution in [2.24, 2.45) is 7.05 Å². The molecule has 0 saturated heterocycles. The number of rotatable bonds is 5. The smallest absolute Gasteiger partial charge is 0.236 e. The molecule has 0 saturated carbocycles. The Bertz CT molecular complexity index is 925. The van der Waals surface area contributed by atoms with Crippen LogP contribution < -0.4 is 5.32 Å². The lowest BCUT2D eigenvalue weighted by molar-refractivity contribution is -0.113. The zero-order valence-corrected chi connectivity index (χ0v) is 16.4. The maximum absolute atomic E-state index is 12.0. The topological polar surface area (TPSA) is 72.7 Å². The number of halogens is 2. The molecule has 6 nitrogen and oxygen atoms in total. The number of anilines is 1. The van der Waals surface area contributed by atoms with Gasteiger partial charge in [0.05, 0.1) is 16.5 Å². The van der Waals surface area contributed by atoms with E-state index >= 15 is 0 Å². The van der Waals surface area contributed by atoms with Gasteiger partial charge >= 0.3 is 0 Å². The predicted octanol–water partition coefficient (Wildman–Crippen LogP) is 4.28. The summed E-state index contributed by atoms with van der Waals surface area (Å²) in [6.07, 6.45) is 0. The van der Waals surface area contributed by atoms with Crippen molar-refractivity contribution < 1.29 is 4.79 Å². The van der Waals surface area contributed by atoms with Gasteiger partial charge in [-0.2, -0.15) is 0 Å². The minimum Gasteiger partial charge on any atom is -0.305 e. The zero-order valence-electron chi connectivity index (χ0n) is 13.3. The number of hydrogen-bond acceptors (Lipinski definition) is 6. The summed E-state index contributed by atoms with van der Waals surface area (Å²) >= 11 is 14.8. The Labute approximate surface area is 162 Å². The molecule has 0 aliphatic carbocycles. The van der Waals surface area contributed by atoms with E-state index in [0.717, 1.165) is 11.3 Å². The first kappa shape index (κ1) is 18.2. The number of benzene rings is 1. The van der Waals surface area contributed by atoms with Crippen LogP contribution in [0.2, 0.25) is 10.0 Å². The highest BCUT2D eigenvalue weighted by molar-refractivity contribution is 7.99. The number of carbonyl (C=O) groups excluding carboxylic acids is 1. The fourth-order valence-corrected chi connectivity index (χ4v) is 3.95. The summed E-state index contributed by atoms with van der Waals surface area (Å²) in [6.45, 7) is 1.88. The molecule has 1 aromatic carbocycles. The molecule has 130 valence electrons. The Morgan fingerprint density at radius 3 is 2.84 bits per heavy atom. The number of nitrogens with zero attached hydrogens (tertiary/aromatic N) is 4. The van der Waals surface area contributed by atoms with E-state index in [-0.39, 0.29) is 11.7 Å². The minimum atomic E-state index is -0.145. The van der Waals surface area contributed by atoms with Gasteiger partial charge in [-0.3, -0.25) is 4.79 Å². The second-order valence-electron chi connectivity index (χ2n) is 5.12. The number of hydrogen-bond donors (Lipinski definition) is 1. The molecule has 3 aromatic rings. The van der Waals surface area contributed by atoms with Crippen LogP contribution in [0.1, 0.15) is 5.69 Å². The fraction of sp³-hybridized carbons (Fsp3) is 0.200. The van der Waals surface area contributed by atoms with Gasteiger partial charge in [-0.15, -0.1) is 21.5 Å². The summed E-state index contributed by atoms with van der Waals surface area (Å²) in [5, 5.41) is 15.2. The maximum atomic E-state index is 12.0. The molecule has 25 heavy (non-hydrogen) atoms. The lowest BCUT2D eigenvalue weighted by atomic mass is 10.2. The van der Waals surface area contributed by atoms with Gasteiger partial charge in [0.25, 0.3) is 0 Å². The standard InChI is InChI=1S/C15H13Cl2N5OS2/c1-8-6-24-14(18-8)19-12(23)7-25-15-21-20-13(22(15)2)10-4-3-9(16)5-11(10)17/h3-6H,7H2,1-2H3,(H,18,19,23). The van der Waals surface area contributed by atoms with Crippen LogP contribution in [-0.4, -0.2) is 31.4 Å². The highest BCUT2D eigenvalue weighted by Crippen LogP contribution is 2.30. The summed E-state index contributed by atoms with van der Waals surface area (Å²) in [7, 11) is 1.82. The van der Waals surface area contributed by atoms with Crippen LogP contribution in [0.5, 0.6) is 0 Å². The van der Waals surface area contributed by atoms with Crippen molar-refractivity contribution >= 4 is 57.3 Å². The molecule has 10 heteroatoms. The molecule has 0 atom stereocenters. The van der Waals surface area contributed by atoms with Gasteiger partial charge in [0.15, 0.2) is 16.1 Å². The Morgan fingerprint density at radius 1 is 1.36 bits per heavy atom. The third-order valence-electron chi connectivity index (χ3n) is 3.20. The summed E-state index contributed by atoms with van der Waals surface area (Å²) in [4.78, 5) is 16.2. The number of amides is 1. The summed E-state index contributed by atoms with van der Waals surface area (Å²) in [5.41, 5.74) is 1.61. The van der Waals surface area contributed by atoms with Crippen LogP contribution in [-0.2, 0) is 11.8 Å². The van der Waals surface area contributed by atoms with Gasteiger partial charge in [0.1, 0.15) is 0 Å². The molecule has 0 bridgehead atoms. The first-order valence-electron chi connectivity index (χ1n) is 7.13. The highest BCUT2D eigenvalue weighted by atomic mass is 35.5. The average molecular weight is 414 g/mol. The zero-order chi connectivity index (χ0) is 18.0. The van der Waals surface area contributed by atoms with Crippen molar-refractivity contribution in [2.75, 3.05) is 11.1 Å². The van der Waals surface area contributed by atoms with Crippen LogP contribution in [0, 0.1) is 6.92 Å². The largest absolute Gasteiger partial charge is 0.305 e. The van der Waals surface area contributed by atoms with Crippen molar-refractivity contribution in [3.05, 3.63) is 39.3 Å². The molecule has 0 aliphatic rings. The van der Waals surface area contributed by atoms with Crippen molar-refractivity contribution in [3.8, 4) is 11.4 Å². The van der Waals surface area contributed by atoms with E-state index in [4.69, 9.17) is 23.2 Å². The van der Waals surface area contributed by atoms with E-state index in [9.17, 15) is 4.79 Å². The number of thiazole rings is 1. The molecular formula is C15H13Cl2N5OS2. The van der Waals surface area contributed by atoms with E-state index in [2.05, 4.69) is 20.5 Å². The third-order valence-corrected chi connectivity index (χ3v) is 5.65. The number of nitrogens with one attached hydrogen (secondary N) is 1. The number of carbonyl (C=O) groups is 1. The van der Waals surface area contributed by atoms with Gasteiger partial charge in [0.2, 0.25) is 5.91 Å². The minimum absolute atomic E-state index is 0.145. The Hall–Kier alpha value is -1.61. The molecule has 0 fully saturated rings. The van der Waals surface area contributed by atoms with E-state index < -0.39 is 0 Å². The second-order valence-corrected chi connectivity index (χ2v) is 7.76. The molecule has 0 aliphatic heterocycles. The summed E-state index contributed by atoms with van der Waals surface area (Å²) in [6, 6.07) is 5.19. The molecular weight excluding hydrogens is 401 g/mol. The van der Waals surface area contributed by atoms with Gasteiger partial charge in [-0.25, -0.2) is 4.98 Å². The quantitative estimate of drug-likeness (QED) is 0.631. The molecule has 0 spiro atoms. The highest BCUT2D eigenvalue weighted by Gasteiger charge is 2.15. The van der Waals surface area contributed by atoms with Gasteiger partial charge < -0.3 is 9.88 Å². The van der Waals surface area contributed by atoms with Crippen molar-refractivity contribution in [1.82, 2.24) is 19.7 Å². The first-order valence-corrected chi connectivity index (χ1v) is 9.76. The van der Waals surface area contributed by atoms with E-state index in [0.29, 0.717) is 26.2 Å². The Morgan fingerprint density at radius 2 is 2.16 bits per heavy atom. The average Bonchev–Trinajstić information content (AvgIpc) is 3.12. The molecule has 0 unspecified atom stereocenters. The molecule has 2 heterocycles.